The summed E-state index contributed by atoms with van der Waals surface area (Å²) in [6.07, 6.45) is 3.26. The second kappa shape index (κ2) is 9.20. The van der Waals surface area contributed by atoms with Gasteiger partial charge in [0.05, 0.1) is 10.9 Å². The van der Waals surface area contributed by atoms with Crippen molar-refractivity contribution in [2.75, 3.05) is 5.32 Å². The molecular weight excluding hydrogens is 384 g/mol. The van der Waals surface area contributed by atoms with Crippen LogP contribution in [0.25, 0.3) is 10.8 Å². The fourth-order valence-corrected chi connectivity index (χ4v) is 4.31. The lowest BCUT2D eigenvalue weighted by molar-refractivity contribution is -0.117. The number of anilines is 1. The Morgan fingerprint density at radius 2 is 1.66 bits per heavy atom. The molecule has 0 aliphatic heterocycles. The predicted octanol–water partition coefficient (Wildman–Crippen LogP) is 4.49. The van der Waals surface area contributed by atoms with Gasteiger partial charge < -0.3 is 5.32 Å². The van der Waals surface area contributed by atoms with Gasteiger partial charge in [0.25, 0.3) is 0 Å². The van der Waals surface area contributed by atoms with Gasteiger partial charge >= 0.3 is 0 Å². The zero-order valence-electron chi connectivity index (χ0n) is 16.7. The molecule has 0 aliphatic carbocycles. The van der Waals surface area contributed by atoms with Crippen molar-refractivity contribution in [2.45, 2.75) is 44.0 Å². The lowest BCUT2D eigenvalue weighted by Crippen LogP contribution is -2.41. The molecule has 2 N–H and O–H groups in total. The van der Waals surface area contributed by atoms with Crippen LogP contribution in [-0.4, -0.2) is 20.4 Å². The molecule has 0 spiro atoms. The monoisotopic (exact) mass is 410 g/mol. The van der Waals surface area contributed by atoms with E-state index < -0.39 is 22.0 Å². The number of sulfonamides is 1. The summed E-state index contributed by atoms with van der Waals surface area (Å²) < 4.78 is 27.9. The molecule has 3 rings (SSSR count). The van der Waals surface area contributed by atoms with E-state index in [2.05, 4.69) is 17.0 Å². The normalized spacial score (nSPS) is 12.6. The first-order valence-electron chi connectivity index (χ1n) is 9.80. The highest BCUT2D eigenvalue weighted by molar-refractivity contribution is 7.89. The number of nitrogens with one attached hydrogen (secondary N) is 2. The highest BCUT2D eigenvalue weighted by Gasteiger charge is 2.22. The van der Waals surface area contributed by atoms with Gasteiger partial charge in [0.15, 0.2) is 0 Å². The molecular formula is C23H26N2O3S. The molecule has 29 heavy (non-hydrogen) atoms. The Bertz CT molecular complexity index is 1090. The SMILES string of the molecule is CCCCc1ccc(NC(=O)[C@@H](C)NS(=O)(=O)c2ccc3ccccc3c2)cc1. The Labute approximate surface area is 172 Å². The van der Waals surface area contributed by atoms with Crippen LogP contribution >= 0.6 is 0 Å². The number of unbranched alkanes of at least 4 members (excludes halogenated alkanes) is 1. The number of carbonyl (C=O) groups excluding carboxylic acids is 1. The first kappa shape index (κ1) is 21.0. The summed E-state index contributed by atoms with van der Waals surface area (Å²) in [6, 6.07) is 19.2. The first-order valence-corrected chi connectivity index (χ1v) is 11.3. The molecule has 0 saturated carbocycles. The van der Waals surface area contributed by atoms with Gasteiger partial charge in [-0.25, -0.2) is 8.42 Å². The second-order valence-corrected chi connectivity index (χ2v) is 8.86. The summed E-state index contributed by atoms with van der Waals surface area (Å²) in [4.78, 5) is 12.6. The van der Waals surface area contributed by atoms with E-state index in [0.717, 1.165) is 30.0 Å². The number of hydrogen-bond acceptors (Lipinski definition) is 3. The Morgan fingerprint density at radius 1 is 0.966 bits per heavy atom. The van der Waals surface area contributed by atoms with Crippen molar-refractivity contribution in [1.29, 1.82) is 0 Å². The standard InChI is InChI=1S/C23H26N2O3S/c1-3-4-7-18-10-13-21(14-11-18)24-23(26)17(2)25-29(27,28)22-15-12-19-8-5-6-9-20(19)16-22/h5-6,8-17,25H,3-4,7H2,1-2H3,(H,24,26)/t17-/m1/s1. The van der Waals surface area contributed by atoms with Gasteiger partial charge in [0, 0.05) is 5.69 Å². The molecule has 0 aliphatic rings. The number of rotatable bonds is 8. The molecule has 3 aromatic rings. The van der Waals surface area contributed by atoms with Crippen LogP contribution in [0.1, 0.15) is 32.3 Å². The summed E-state index contributed by atoms with van der Waals surface area (Å²) in [5.74, 6) is -0.407. The third-order valence-electron chi connectivity index (χ3n) is 4.80. The topological polar surface area (TPSA) is 75.3 Å². The van der Waals surface area contributed by atoms with Gasteiger partial charge in [-0.15, -0.1) is 0 Å². The Hall–Kier alpha value is -2.70. The molecule has 3 aromatic carbocycles. The Balaban J connectivity index is 1.66. The molecule has 0 saturated heterocycles. The molecule has 1 amide bonds. The highest BCUT2D eigenvalue weighted by Crippen LogP contribution is 2.19. The average Bonchev–Trinajstić information content (AvgIpc) is 2.72. The zero-order valence-corrected chi connectivity index (χ0v) is 17.5. The maximum absolute atomic E-state index is 12.7. The fraction of sp³-hybridized carbons (Fsp3) is 0.261. The summed E-state index contributed by atoms with van der Waals surface area (Å²) >= 11 is 0. The minimum atomic E-state index is -3.82. The predicted molar refractivity (Wildman–Crippen MR) is 117 cm³/mol. The van der Waals surface area contributed by atoms with E-state index in [1.807, 2.05) is 48.5 Å². The van der Waals surface area contributed by atoms with Gasteiger partial charge in [-0.05, 0) is 60.4 Å². The molecule has 1 atom stereocenters. The summed E-state index contributed by atoms with van der Waals surface area (Å²) in [7, 11) is -3.82. The first-order chi connectivity index (χ1) is 13.9. The number of aryl methyl sites for hydroxylation is 1. The number of benzene rings is 3. The largest absolute Gasteiger partial charge is 0.325 e. The van der Waals surface area contributed by atoms with Gasteiger partial charge in [-0.3, -0.25) is 4.79 Å². The number of carbonyl (C=O) groups is 1. The van der Waals surface area contributed by atoms with Gasteiger partial charge in [-0.2, -0.15) is 4.72 Å². The third-order valence-corrected chi connectivity index (χ3v) is 6.34. The lowest BCUT2D eigenvalue weighted by atomic mass is 10.1. The summed E-state index contributed by atoms with van der Waals surface area (Å²) in [5.41, 5.74) is 1.86. The lowest BCUT2D eigenvalue weighted by Gasteiger charge is -2.15. The van der Waals surface area contributed by atoms with Crippen LogP contribution in [0.3, 0.4) is 0 Å². The molecule has 152 valence electrons. The molecule has 0 bridgehead atoms. The molecule has 0 fully saturated rings. The number of amides is 1. The quantitative estimate of drug-likeness (QED) is 0.575. The van der Waals surface area contributed by atoms with E-state index in [1.54, 1.807) is 18.2 Å². The maximum Gasteiger partial charge on any atom is 0.242 e. The fourth-order valence-electron chi connectivity index (χ4n) is 3.08. The number of fused-ring (bicyclic) bond motifs is 1. The van der Waals surface area contributed by atoms with Crippen LogP contribution in [0.4, 0.5) is 5.69 Å². The van der Waals surface area contributed by atoms with E-state index in [9.17, 15) is 13.2 Å². The molecule has 6 heteroatoms. The van der Waals surface area contributed by atoms with Crippen molar-refractivity contribution in [3.8, 4) is 0 Å². The molecule has 0 heterocycles. The van der Waals surface area contributed by atoms with Crippen LogP contribution in [0.2, 0.25) is 0 Å². The van der Waals surface area contributed by atoms with Gasteiger partial charge in [0.2, 0.25) is 15.9 Å². The van der Waals surface area contributed by atoms with Crippen LogP contribution < -0.4 is 10.0 Å². The Kier molecular flexibility index (Phi) is 6.67. The molecule has 0 unspecified atom stereocenters. The third kappa shape index (κ3) is 5.43. The zero-order chi connectivity index (χ0) is 20.9. The molecule has 0 radical (unpaired) electrons. The van der Waals surface area contributed by atoms with E-state index in [1.165, 1.54) is 12.5 Å². The van der Waals surface area contributed by atoms with E-state index in [-0.39, 0.29) is 4.90 Å². The van der Waals surface area contributed by atoms with Gasteiger partial charge in [0.1, 0.15) is 0 Å². The minimum Gasteiger partial charge on any atom is -0.325 e. The second-order valence-electron chi connectivity index (χ2n) is 7.14. The van der Waals surface area contributed by atoms with E-state index >= 15 is 0 Å². The van der Waals surface area contributed by atoms with Crippen molar-refractivity contribution in [1.82, 2.24) is 4.72 Å². The van der Waals surface area contributed by atoms with Crippen LogP contribution in [-0.2, 0) is 21.2 Å². The summed E-state index contributed by atoms with van der Waals surface area (Å²) in [6.45, 7) is 3.68. The van der Waals surface area contributed by atoms with Crippen LogP contribution in [0, 0.1) is 0 Å². The van der Waals surface area contributed by atoms with Crippen molar-refractivity contribution in [3.63, 3.8) is 0 Å². The van der Waals surface area contributed by atoms with Crippen molar-refractivity contribution in [2.24, 2.45) is 0 Å². The average molecular weight is 411 g/mol. The molecule has 5 nitrogen and oxygen atoms in total. The van der Waals surface area contributed by atoms with E-state index in [0.29, 0.717) is 5.69 Å². The van der Waals surface area contributed by atoms with Crippen LogP contribution in [0.15, 0.2) is 71.6 Å². The van der Waals surface area contributed by atoms with Gasteiger partial charge in [-0.1, -0.05) is 55.8 Å². The highest BCUT2D eigenvalue weighted by atomic mass is 32.2. The van der Waals surface area contributed by atoms with Crippen LogP contribution in [0.5, 0.6) is 0 Å². The van der Waals surface area contributed by atoms with E-state index in [4.69, 9.17) is 0 Å². The maximum atomic E-state index is 12.7. The minimum absolute atomic E-state index is 0.135. The molecule has 0 aromatic heterocycles. The number of hydrogen-bond donors (Lipinski definition) is 2. The Morgan fingerprint density at radius 3 is 2.34 bits per heavy atom. The van der Waals surface area contributed by atoms with Crippen molar-refractivity contribution < 1.29 is 13.2 Å². The smallest absolute Gasteiger partial charge is 0.242 e. The van der Waals surface area contributed by atoms with Crippen molar-refractivity contribution in [3.05, 3.63) is 72.3 Å². The van der Waals surface area contributed by atoms with Crippen molar-refractivity contribution >= 4 is 32.4 Å². The summed E-state index contributed by atoms with van der Waals surface area (Å²) in [5, 5.41) is 4.55.